The minimum atomic E-state index is -0.334. The van der Waals surface area contributed by atoms with Crippen molar-refractivity contribution in [2.75, 3.05) is 0 Å². The van der Waals surface area contributed by atoms with Crippen molar-refractivity contribution in [2.45, 2.75) is 65.4 Å². The second-order valence-corrected chi connectivity index (χ2v) is 5.39. The lowest BCUT2D eigenvalue weighted by Crippen LogP contribution is -2.29. The maximum absolute atomic E-state index is 11.8. The van der Waals surface area contributed by atoms with Gasteiger partial charge >= 0.3 is 5.97 Å². The number of hydrogen-bond acceptors (Lipinski definition) is 2. The SMILES string of the molecule is CCCCC1(C(=O)OC(C)(C)C)CC1. The van der Waals surface area contributed by atoms with E-state index >= 15 is 0 Å². The summed E-state index contributed by atoms with van der Waals surface area (Å²) in [6, 6.07) is 0. The molecule has 0 N–H and O–H groups in total. The van der Waals surface area contributed by atoms with Crippen LogP contribution in [0, 0.1) is 5.41 Å². The largest absolute Gasteiger partial charge is 0.460 e. The third kappa shape index (κ3) is 3.00. The van der Waals surface area contributed by atoms with E-state index in [9.17, 15) is 4.79 Å². The summed E-state index contributed by atoms with van der Waals surface area (Å²) in [4.78, 5) is 11.8. The summed E-state index contributed by atoms with van der Waals surface area (Å²) in [7, 11) is 0. The second kappa shape index (κ2) is 3.92. The van der Waals surface area contributed by atoms with Crippen LogP contribution in [0.5, 0.6) is 0 Å². The van der Waals surface area contributed by atoms with Gasteiger partial charge in [-0.2, -0.15) is 0 Å². The summed E-state index contributed by atoms with van der Waals surface area (Å²) in [6.07, 6.45) is 5.37. The van der Waals surface area contributed by atoms with E-state index in [1.807, 2.05) is 20.8 Å². The number of unbranched alkanes of at least 4 members (excludes halogenated alkanes) is 1. The number of ether oxygens (including phenoxy) is 1. The molecule has 0 radical (unpaired) electrons. The molecule has 0 spiro atoms. The summed E-state index contributed by atoms with van der Waals surface area (Å²) >= 11 is 0. The first kappa shape index (κ1) is 11.5. The topological polar surface area (TPSA) is 26.3 Å². The van der Waals surface area contributed by atoms with Gasteiger partial charge < -0.3 is 4.74 Å². The molecular formula is C12H22O2. The van der Waals surface area contributed by atoms with E-state index in [1.165, 1.54) is 0 Å². The number of rotatable bonds is 4. The Kier molecular flexibility index (Phi) is 3.23. The highest BCUT2D eigenvalue weighted by Crippen LogP contribution is 2.51. The molecule has 0 aliphatic heterocycles. The Morgan fingerprint density at radius 2 is 1.93 bits per heavy atom. The van der Waals surface area contributed by atoms with Crippen molar-refractivity contribution in [1.82, 2.24) is 0 Å². The van der Waals surface area contributed by atoms with Crippen molar-refractivity contribution in [3.63, 3.8) is 0 Å². The van der Waals surface area contributed by atoms with Gasteiger partial charge in [-0.3, -0.25) is 4.79 Å². The lowest BCUT2D eigenvalue weighted by atomic mass is 9.99. The van der Waals surface area contributed by atoms with E-state index in [4.69, 9.17) is 4.74 Å². The summed E-state index contributed by atoms with van der Waals surface area (Å²) in [6.45, 7) is 7.95. The molecule has 1 rings (SSSR count). The predicted octanol–water partition coefficient (Wildman–Crippen LogP) is 3.30. The minimum absolute atomic E-state index is 0.0263. The highest BCUT2D eigenvalue weighted by Gasteiger charge is 2.51. The lowest BCUT2D eigenvalue weighted by molar-refractivity contribution is -0.162. The van der Waals surface area contributed by atoms with Crippen LogP contribution >= 0.6 is 0 Å². The van der Waals surface area contributed by atoms with Crippen LogP contribution in [0.1, 0.15) is 59.8 Å². The smallest absolute Gasteiger partial charge is 0.312 e. The van der Waals surface area contributed by atoms with Crippen molar-refractivity contribution < 1.29 is 9.53 Å². The van der Waals surface area contributed by atoms with Crippen molar-refractivity contribution in [3.8, 4) is 0 Å². The van der Waals surface area contributed by atoms with Gasteiger partial charge in [0.15, 0.2) is 0 Å². The van der Waals surface area contributed by atoms with Crippen LogP contribution in [-0.4, -0.2) is 11.6 Å². The summed E-state index contributed by atoms with van der Waals surface area (Å²) in [5.74, 6) is 0.0263. The van der Waals surface area contributed by atoms with Crippen LogP contribution in [-0.2, 0) is 9.53 Å². The molecule has 0 saturated heterocycles. The third-order valence-electron chi connectivity index (χ3n) is 2.69. The number of carbonyl (C=O) groups is 1. The average molecular weight is 198 g/mol. The first-order valence-corrected chi connectivity index (χ1v) is 5.63. The number of hydrogen-bond donors (Lipinski definition) is 0. The number of carbonyl (C=O) groups excluding carboxylic acids is 1. The molecule has 0 atom stereocenters. The molecule has 0 amide bonds. The van der Waals surface area contributed by atoms with Gasteiger partial charge in [-0.15, -0.1) is 0 Å². The fourth-order valence-electron chi connectivity index (χ4n) is 1.61. The van der Waals surface area contributed by atoms with Crippen LogP contribution in [0.3, 0.4) is 0 Å². The van der Waals surface area contributed by atoms with E-state index in [-0.39, 0.29) is 17.0 Å². The average Bonchev–Trinajstić information content (AvgIpc) is 2.78. The molecule has 82 valence electrons. The maximum atomic E-state index is 11.8. The zero-order valence-corrected chi connectivity index (χ0v) is 9.85. The highest BCUT2D eigenvalue weighted by molar-refractivity contribution is 5.80. The predicted molar refractivity (Wildman–Crippen MR) is 57.0 cm³/mol. The Morgan fingerprint density at radius 3 is 2.29 bits per heavy atom. The maximum Gasteiger partial charge on any atom is 0.312 e. The second-order valence-electron chi connectivity index (χ2n) is 5.39. The fraction of sp³-hybridized carbons (Fsp3) is 0.917. The van der Waals surface area contributed by atoms with Crippen molar-refractivity contribution in [1.29, 1.82) is 0 Å². The lowest BCUT2D eigenvalue weighted by Gasteiger charge is -2.23. The van der Waals surface area contributed by atoms with Gasteiger partial charge in [0, 0.05) is 0 Å². The molecule has 1 fully saturated rings. The van der Waals surface area contributed by atoms with Gasteiger partial charge in [-0.25, -0.2) is 0 Å². The summed E-state index contributed by atoms with van der Waals surface area (Å²) < 4.78 is 5.42. The Bertz CT molecular complexity index is 209. The quantitative estimate of drug-likeness (QED) is 0.648. The van der Waals surface area contributed by atoms with Crippen molar-refractivity contribution in [3.05, 3.63) is 0 Å². The van der Waals surface area contributed by atoms with E-state index < -0.39 is 0 Å². The Morgan fingerprint density at radius 1 is 1.36 bits per heavy atom. The van der Waals surface area contributed by atoms with Crippen LogP contribution < -0.4 is 0 Å². The molecule has 0 unspecified atom stereocenters. The normalized spacial score (nSPS) is 19.1. The molecule has 2 heteroatoms. The zero-order chi connectivity index (χ0) is 10.8. The van der Waals surface area contributed by atoms with Gasteiger partial charge in [0.25, 0.3) is 0 Å². The molecule has 0 bridgehead atoms. The van der Waals surface area contributed by atoms with E-state index in [0.717, 1.165) is 32.1 Å². The molecular weight excluding hydrogens is 176 g/mol. The first-order valence-electron chi connectivity index (χ1n) is 5.63. The summed E-state index contributed by atoms with van der Waals surface area (Å²) in [5, 5.41) is 0. The van der Waals surface area contributed by atoms with Crippen LogP contribution in [0.2, 0.25) is 0 Å². The summed E-state index contributed by atoms with van der Waals surface area (Å²) in [5.41, 5.74) is -0.428. The first-order chi connectivity index (χ1) is 6.40. The Hall–Kier alpha value is -0.530. The van der Waals surface area contributed by atoms with Crippen molar-refractivity contribution >= 4 is 5.97 Å². The van der Waals surface area contributed by atoms with E-state index in [0.29, 0.717) is 0 Å². The van der Waals surface area contributed by atoms with Gasteiger partial charge in [0.1, 0.15) is 5.60 Å². The molecule has 0 aromatic carbocycles. The Balaban J connectivity index is 2.44. The van der Waals surface area contributed by atoms with Crippen LogP contribution in [0.4, 0.5) is 0 Å². The third-order valence-corrected chi connectivity index (χ3v) is 2.69. The van der Waals surface area contributed by atoms with Crippen LogP contribution in [0.15, 0.2) is 0 Å². The van der Waals surface area contributed by atoms with Gasteiger partial charge in [0.05, 0.1) is 5.41 Å². The van der Waals surface area contributed by atoms with E-state index in [1.54, 1.807) is 0 Å². The molecule has 1 saturated carbocycles. The van der Waals surface area contributed by atoms with Gasteiger partial charge in [0.2, 0.25) is 0 Å². The molecule has 0 heterocycles. The fourth-order valence-corrected chi connectivity index (χ4v) is 1.61. The van der Waals surface area contributed by atoms with E-state index in [2.05, 4.69) is 6.92 Å². The minimum Gasteiger partial charge on any atom is -0.460 e. The standard InChI is InChI=1S/C12H22O2/c1-5-6-7-12(8-9-12)10(13)14-11(2,3)4/h5-9H2,1-4H3. The zero-order valence-electron chi connectivity index (χ0n) is 9.85. The molecule has 1 aliphatic rings. The van der Waals surface area contributed by atoms with Crippen LogP contribution in [0.25, 0.3) is 0 Å². The molecule has 0 aromatic heterocycles. The molecule has 14 heavy (non-hydrogen) atoms. The molecule has 2 nitrogen and oxygen atoms in total. The van der Waals surface area contributed by atoms with Gasteiger partial charge in [-0.1, -0.05) is 19.8 Å². The Labute approximate surface area is 87.0 Å². The number of esters is 1. The van der Waals surface area contributed by atoms with Crippen molar-refractivity contribution in [2.24, 2.45) is 5.41 Å². The highest BCUT2D eigenvalue weighted by atomic mass is 16.6. The molecule has 1 aliphatic carbocycles. The monoisotopic (exact) mass is 198 g/mol. The molecule has 0 aromatic rings. The van der Waals surface area contributed by atoms with Gasteiger partial charge in [-0.05, 0) is 40.0 Å².